The number of hydrogen-bond acceptors (Lipinski definition) is 3. The first-order chi connectivity index (χ1) is 12.1. The summed E-state index contributed by atoms with van der Waals surface area (Å²) in [5, 5.41) is 20.1. The van der Waals surface area contributed by atoms with Gasteiger partial charge in [0, 0.05) is 11.7 Å². The molecular formula is C22H24N2O. The lowest BCUT2D eigenvalue weighted by molar-refractivity contribution is 0.106. The maximum Gasteiger partial charge on any atom is 0.126 e. The highest BCUT2D eigenvalue weighted by atomic mass is 16.3. The van der Waals surface area contributed by atoms with Gasteiger partial charge in [-0.25, -0.2) is 0 Å². The normalized spacial score (nSPS) is 18.6. The van der Waals surface area contributed by atoms with E-state index in [-0.39, 0.29) is 12.1 Å². The zero-order valence-electron chi connectivity index (χ0n) is 14.7. The van der Waals surface area contributed by atoms with E-state index in [0.717, 1.165) is 6.42 Å². The Labute approximate surface area is 148 Å². The smallest absolute Gasteiger partial charge is 0.126 e. The minimum absolute atomic E-state index is 0.00599. The van der Waals surface area contributed by atoms with E-state index in [1.54, 1.807) is 0 Å². The van der Waals surface area contributed by atoms with Crippen LogP contribution in [0.2, 0.25) is 0 Å². The van der Waals surface area contributed by atoms with Crippen LogP contribution in [0.3, 0.4) is 0 Å². The molecule has 3 aromatic rings. The molecule has 4 rings (SSSR count). The van der Waals surface area contributed by atoms with Gasteiger partial charge in [0.2, 0.25) is 0 Å². The lowest BCUT2D eigenvalue weighted by Crippen LogP contribution is -2.44. The van der Waals surface area contributed by atoms with Crippen molar-refractivity contribution in [3.8, 4) is 0 Å². The third-order valence-electron chi connectivity index (χ3n) is 5.22. The summed E-state index contributed by atoms with van der Waals surface area (Å²) >= 11 is 0. The van der Waals surface area contributed by atoms with Crippen molar-refractivity contribution in [2.75, 3.05) is 5.32 Å². The van der Waals surface area contributed by atoms with E-state index in [1.165, 1.54) is 33.2 Å². The fourth-order valence-electron chi connectivity index (χ4n) is 3.86. The highest BCUT2D eigenvalue weighted by Crippen LogP contribution is 2.31. The monoisotopic (exact) mass is 332 g/mol. The predicted octanol–water partition coefficient (Wildman–Crippen LogP) is 4.15. The Morgan fingerprint density at radius 2 is 1.80 bits per heavy atom. The molecule has 1 aliphatic rings. The molecule has 3 nitrogen and oxygen atoms in total. The average molecular weight is 332 g/mol. The fraction of sp³-hybridized carbons (Fsp3) is 0.273. The molecule has 25 heavy (non-hydrogen) atoms. The number of para-hydroxylation sites is 1. The summed E-state index contributed by atoms with van der Waals surface area (Å²) in [6.07, 6.45) is 0.230. The summed E-state index contributed by atoms with van der Waals surface area (Å²) in [5.74, 6) is 0. The van der Waals surface area contributed by atoms with Crippen molar-refractivity contribution in [2.45, 2.75) is 38.6 Å². The molecule has 1 heterocycles. The van der Waals surface area contributed by atoms with Gasteiger partial charge in [-0.05, 0) is 47.7 Å². The summed E-state index contributed by atoms with van der Waals surface area (Å²) in [5.41, 5.74) is 4.90. The number of rotatable bonds is 4. The maximum atomic E-state index is 10.7. The number of aliphatic hydroxyl groups is 1. The number of aryl methyl sites for hydroxylation is 1. The molecule has 3 N–H and O–H groups in total. The Balaban J connectivity index is 1.51. The number of benzene rings is 3. The molecule has 3 unspecified atom stereocenters. The van der Waals surface area contributed by atoms with Crippen molar-refractivity contribution in [1.82, 2.24) is 5.32 Å². The Kier molecular flexibility index (Phi) is 4.20. The highest BCUT2D eigenvalue weighted by molar-refractivity contribution is 5.86. The van der Waals surface area contributed by atoms with Crippen LogP contribution in [-0.4, -0.2) is 17.4 Å². The number of anilines is 1. The lowest BCUT2D eigenvalue weighted by Gasteiger charge is -2.25. The molecule has 0 bridgehead atoms. The SMILES string of the molecule is Cc1cccc2c1NC(C(O)NC(C)c1cccc3ccccc13)C2. The first-order valence-corrected chi connectivity index (χ1v) is 8.90. The van der Waals surface area contributed by atoms with E-state index in [1.807, 2.05) is 0 Å². The molecule has 0 aliphatic carbocycles. The summed E-state index contributed by atoms with van der Waals surface area (Å²) < 4.78 is 0. The van der Waals surface area contributed by atoms with Crippen molar-refractivity contribution >= 4 is 16.5 Å². The molecule has 3 atom stereocenters. The van der Waals surface area contributed by atoms with Gasteiger partial charge >= 0.3 is 0 Å². The first kappa shape index (κ1) is 16.1. The summed E-state index contributed by atoms with van der Waals surface area (Å²) in [4.78, 5) is 0. The third-order valence-corrected chi connectivity index (χ3v) is 5.22. The van der Waals surface area contributed by atoms with Gasteiger partial charge in [0.25, 0.3) is 0 Å². The molecule has 0 fully saturated rings. The van der Waals surface area contributed by atoms with Crippen LogP contribution < -0.4 is 10.6 Å². The number of aliphatic hydroxyl groups excluding tert-OH is 1. The van der Waals surface area contributed by atoms with Gasteiger partial charge in [-0.15, -0.1) is 0 Å². The standard InChI is InChI=1S/C22H24N2O/c1-14-7-5-10-17-13-20(24-21(14)17)22(25)23-15(2)18-12-6-9-16-8-3-4-11-19(16)18/h3-12,15,20,22-25H,13H2,1-2H3. The molecule has 1 aliphatic heterocycles. The van der Waals surface area contributed by atoms with Crippen LogP contribution in [0.25, 0.3) is 10.8 Å². The highest BCUT2D eigenvalue weighted by Gasteiger charge is 2.28. The van der Waals surface area contributed by atoms with Crippen molar-refractivity contribution < 1.29 is 5.11 Å². The van der Waals surface area contributed by atoms with Crippen LogP contribution in [0.5, 0.6) is 0 Å². The van der Waals surface area contributed by atoms with E-state index >= 15 is 0 Å². The molecular weight excluding hydrogens is 308 g/mol. The van der Waals surface area contributed by atoms with Gasteiger partial charge in [0.1, 0.15) is 6.23 Å². The Morgan fingerprint density at radius 3 is 2.64 bits per heavy atom. The molecule has 0 saturated carbocycles. The molecule has 128 valence electrons. The Morgan fingerprint density at radius 1 is 1.04 bits per heavy atom. The largest absolute Gasteiger partial charge is 0.378 e. The molecule has 0 saturated heterocycles. The van der Waals surface area contributed by atoms with Crippen LogP contribution in [-0.2, 0) is 6.42 Å². The minimum atomic E-state index is -0.610. The van der Waals surface area contributed by atoms with Gasteiger partial charge in [-0.1, -0.05) is 60.7 Å². The van der Waals surface area contributed by atoms with Gasteiger partial charge in [-0.2, -0.15) is 0 Å². The maximum absolute atomic E-state index is 10.7. The summed E-state index contributed by atoms with van der Waals surface area (Å²) in [6, 6.07) is 21.1. The molecule has 0 radical (unpaired) electrons. The second-order valence-electron chi connectivity index (χ2n) is 6.97. The van der Waals surface area contributed by atoms with Gasteiger partial charge < -0.3 is 10.4 Å². The topological polar surface area (TPSA) is 44.3 Å². The van der Waals surface area contributed by atoms with Gasteiger partial charge in [-0.3, -0.25) is 5.32 Å². The number of nitrogens with one attached hydrogen (secondary N) is 2. The minimum Gasteiger partial charge on any atom is -0.378 e. The molecule has 0 amide bonds. The zero-order chi connectivity index (χ0) is 17.4. The Bertz CT molecular complexity index is 900. The van der Waals surface area contributed by atoms with Crippen molar-refractivity contribution in [3.63, 3.8) is 0 Å². The second-order valence-corrected chi connectivity index (χ2v) is 6.97. The van der Waals surface area contributed by atoms with Crippen LogP contribution in [0.15, 0.2) is 60.7 Å². The van der Waals surface area contributed by atoms with E-state index in [2.05, 4.69) is 85.1 Å². The first-order valence-electron chi connectivity index (χ1n) is 8.90. The average Bonchev–Trinajstić information content (AvgIpc) is 3.07. The van der Waals surface area contributed by atoms with Crippen LogP contribution >= 0.6 is 0 Å². The van der Waals surface area contributed by atoms with Crippen LogP contribution in [0.1, 0.15) is 29.7 Å². The lowest BCUT2D eigenvalue weighted by atomic mass is 9.99. The fourth-order valence-corrected chi connectivity index (χ4v) is 3.86. The number of fused-ring (bicyclic) bond motifs is 2. The van der Waals surface area contributed by atoms with E-state index in [0.29, 0.717) is 0 Å². The van der Waals surface area contributed by atoms with Crippen LogP contribution in [0, 0.1) is 6.92 Å². The van der Waals surface area contributed by atoms with Crippen LogP contribution in [0.4, 0.5) is 5.69 Å². The third kappa shape index (κ3) is 3.01. The van der Waals surface area contributed by atoms with E-state index in [4.69, 9.17) is 0 Å². The molecule has 3 aromatic carbocycles. The Hall–Kier alpha value is -2.36. The van der Waals surface area contributed by atoms with Crippen molar-refractivity contribution in [3.05, 3.63) is 77.4 Å². The number of hydrogen-bond donors (Lipinski definition) is 3. The summed E-state index contributed by atoms with van der Waals surface area (Å²) in [7, 11) is 0. The van der Waals surface area contributed by atoms with Crippen molar-refractivity contribution in [1.29, 1.82) is 0 Å². The van der Waals surface area contributed by atoms with Gasteiger partial charge in [0.05, 0.1) is 6.04 Å². The molecule has 0 spiro atoms. The molecule has 3 heteroatoms. The predicted molar refractivity (Wildman–Crippen MR) is 104 cm³/mol. The van der Waals surface area contributed by atoms with E-state index < -0.39 is 6.23 Å². The van der Waals surface area contributed by atoms with E-state index in [9.17, 15) is 5.11 Å². The second kappa shape index (κ2) is 6.51. The molecule has 0 aromatic heterocycles. The quantitative estimate of drug-likeness (QED) is 0.629. The summed E-state index contributed by atoms with van der Waals surface area (Å²) in [6.45, 7) is 4.21. The zero-order valence-corrected chi connectivity index (χ0v) is 14.7. The van der Waals surface area contributed by atoms with Gasteiger partial charge in [0.15, 0.2) is 0 Å². The van der Waals surface area contributed by atoms with Crippen molar-refractivity contribution in [2.24, 2.45) is 0 Å².